The standard InChI is InChI=1S/C13H25N3O2/c14-5-8-16-6-3-11(4-7-16)15-13(17)10-12-2-1-9-18-12/h11-12H,1-10,14H2,(H,15,17). The molecule has 0 spiro atoms. The second-order valence-electron chi connectivity index (χ2n) is 5.31. The molecule has 2 fully saturated rings. The first-order chi connectivity index (χ1) is 8.78. The molecule has 5 nitrogen and oxygen atoms in total. The van der Waals surface area contributed by atoms with Crippen molar-refractivity contribution >= 4 is 5.91 Å². The molecule has 1 atom stereocenters. The van der Waals surface area contributed by atoms with Gasteiger partial charge in [0.05, 0.1) is 12.5 Å². The van der Waals surface area contributed by atoms with Crippen molar-refractivity contribution in [3.63, 3.8) is 0 Å². The van der Waals surface area contributed by atoms with Crippen molar-refractivity contribution in [3.8, 4) is 0 Å². The van der Waals surface area contributed by atoms with Crippen LogP contribution in [-0.2, 0) is 9.53 Å². The van der Waals surface area contributed by atoms with Crippen molar-refractivity contribution in [1.29, 1.82) is 0 Å². The molecule has 0 aromatic carbocycles. The van der Waals surface area contributed by atoms with Gasteiger partial charge in [0.15, 0.2) is 0 Å². The van der Waals surface area contributed by atoms with Crippen molar-refractivity contribution in [2.45, 2.75) is 44.2 Å². The molecule has 2 aliphatic rings. The molecule has 18 heavy (non-hydrogen) atoms. The number of nitrogens with one attached hydrogen (secondary N) is 1. The van der Waals surface area contributed by atoms with Crippen molar-refractivity contribution in [2.24, 2.45) is 5.73 Å². The number of rotatable bonds is 5. The Morgan fingerprint density at radius 3 is 2.72 bits per heavy atom. The second kappa shape index (κ2) is 7.07. The molecular weight excluding hydrogens is 230 g/mol. The predicted molar refractivity (Wildman–Crippen MR) is 70.3 cm³/mol. The maximum absolute atomic E-state index is 11.8. The van der Waals surface area contributed by atoms with Crippen LogP contribution in [0.4, 0.5) is 0 Å². The van der Waals surface area contributed by atoms with Gasteiger partial charge in [-0.05, 0) is 25.7 Å². The van der Waals surface area contributed by atoms with Gasteiger partial charge < -0.3 is 20.7 Å². The summed E-state index contributed by atoms with van der Waals surface area (Å²) in [6, 6.07) is 0.341. The molecule has 5 heteroatoms. The third-order valence-corrected chi connectivity index (χ3v) is 3.84. The molecule has 1 amide bonds. The van der Waals surface area contributed by atoms with Crippen molar-refractivity contribution < 1.29 is 9.53 Å². The molecule has 3 N–H and O–H groups in total. The highest BCUT2D eigenvalue weighted by Gasteiger charge is 2.23. The predicted octanol–water partition coefficient (Wildman–Crippen LogP) is 0.0948. The van der Waals surface area contributed by atoms with Gasteiger partial charge in [0.2, 0.25) is 5.91 Å². The van der Waals surface area contributed by atoms with Crippen LogP contribution < -0.4 is 11.1 Å². The summed E-state index contributed by atoms with van der Waals surface area (Å²) in [5.41, 5.74) is 5.54. The van der Waals surface area contributed by atoms with Gasteiger partial charge in [-0.1, -0.05) is 0 Å². The van der Waals surface area contributed by atoms with Gasteiger partial charge in [-0.2, -0.15) is 0 Å². The molecule has 2 rings (SSSR count). The molecule has 2 heterocycles. The van der Waals surface area contributed by atoms with Crippen LogP contribution in [0.15, 0.2) is 0 Å². The van der Waals surface area contributed by atoms with Crippen LogP contribution in [0.1, 0.15) is 32.1 Å². The molecule has 0 aliphatic carbocycles. The Balaban J connectivity index is 1.63. The Morgan fingerprint density at radius 2 is 2.11 bits per heavy atom. The number of piperidine rings is 1. The molecular formula is C13H25N3O2. The van der Waals surface area contributed by atoms with E-state index in [9.17, 15) is 4.79 Å². The molecule has 2 aliphatic heterocycles. The first-order valence-corrected chi connectivity index (χ1v) is 7.11. The summed E-state index contributed by atoms with van der Waals surface area (Å²) in [5, 5.41) is 3.13. The molecule has 1 unspecified atom stereocenters. The summed E-state index contributed by atoms with van der Waals surface area (Å²) >= 11 is 0. The Hall–Kier alpha value is -0.650. The molecule has 0 bridgehead atoms. The van der Waals surface area contributed by atoms with Gasteiger partial charge in [0.1, 0.15) is 0 Å². The summed E-state index contributed by atoms with van der Waals surface area (Å²) in [5.74, 6) is 0.152. The lowest BCUT2D eigenvalue weighted by Crippen LogP contribution is -2.46. The van der Waals surface area contributed by atoms with Crippen LogP contribution in [0.2, 0.25) is 0 Å². The lowest BCUT2D eigenvalue weighted by atomic mass is 10.0. The summed E-state index contributed by atoms with van der Waals surface area (Å²) in [6.45, 7) is 4.59. The topological polar surface area (TPSA) is 67.6 Å². The zero-order chi connectivity index (χ0) is 12.8. The number of nitrogens with two attached hydrogens (primary N) is 1. The van der Waals surface area contributed by atoms with Crippen LogP contribution >= 0.6 is 0 Å². The molecule has 0 saturated carbocycles. The van der Waals surface area contributed by atoms with Gasteiger partial charge in [-0.3, -0.25) is 4.79 Å². The average molecular weight is 255 g/mol. The van der Waals surface area contributed by atoms with E-state index in [2.05, 4.69) is 10.2 Å². The highest BCUT2D eigenvalue weighted by molar-refractivity contribution is 5.76. The summed E-state index contributed by atoms with van der Waals surface area (Å²) in [7, 11) is 0. The Morgan fingerprint density at radius 1 is 1.33 bits per heavy atom. The van der Waals surface area contributed by atoms with E-state index >= 15 is 0 Å². The molecule has 0 aromatic rings. The van der Waals surface area contributed by atoms with Crippen LogP contribution in [-0.4, -0.2) is 55.7 Å². The highest BCUT2D eigenvalue weighted by atomic mass is 16.5. The lowest BCUT2D eigenvalue weighted by Gasteiger charge is -2.32. The Bertz CT molecular complexity index is 259. The van der Waals surface area contributed by atoms with E-state index in [1.54, 1.807) is 0 Å². The number of hydrogen-bond acceptors (Lipinski definition) is 4. The van der Waals surface area contributed by atoms with Crippen LogP contribution in [0.25, 0.3) is 0 Å². The maximum Gasteiger partial charge on any atom is 0.222 e. The number of amides is 1. The lowest BCUT2D eigenvalue weighted by molar-refractivity contribution is -0.124. The molecule has 0 aromatic heterocycles. The van der Waals surface area contributed by atoms with E-state index in [1.165, 1.54) is 0 Å². The quantitative estimate of drug-likeness (QED) is 0.731. The van der Waals surface area contributed by atoms with Gasteiger partial charge in [0.25, 0.3) is 0 Å². The zero-order valence-corrected chi connectivity index (χ0v) is 11.1. The van der Waals surface area contributed by atoms with E-state index < -0.39 is 0 Å². The fourth-order valence-corrected chi connectivity index (χ4v) is 2.78. The monoisotopic (exact) mass is 255 g/mol. The third-order valence-electron chi connectivity index (χ3n) is 3.84. The SMILES string of the molecule is NCCN1CCC(NC(=O)CC2CCCO2)CC1. The zero-order valence-electron chi connectivity index (χ0n) is 11.1. The number of carbonyl (C=O) groups excluding carboxylic acids is 1. The maximum atomic E-state index is 11.8. The van der Waals surface area contributed by atoms with Gasteiger partial charge in [0, 0.05) is 38.8 Å². The molecule has 104 valence electrons. The van der Waals surface area contributed by atoms with Crippen LogP contribution in [0, 0.1) is 0 Å². The van der Waals surface area contributed by atoms with E-state index in [4.69, 9.17) is 10.5 Å². The summed E-state index contributed by atoms with van der Waals surface area (Å²) in [6.07, 6.45) is 4.89. The third kappa shape index (κ3) is 4.23. The van der Waals surface area contributed by atoms with Gasteiger partial charge in [-0.25, -0.2) is 0 Å². The smallest absolute Gasteiger partial charge is 0.222 e. The molecule has 2 saturated heterocycles. The highest BCUT2D eigenvalue weighted by Crippen LogP contribution is 2.16. The van der Waals surface area contributed by atoms with Crippen molar-refractivity contribution in [1.82, 2.24) is 10.2 Å². The first kappa shape index (κ1) is 13.8. The Kier molecular flexibility index (Phi) is 5.41. The van der Waals surface area contributed by atoms with E-state index in [0.29, 0.717) is 12.5 Å². The van der Waals surface area contributed by atoms with Crippen molar-refractivity contribution in [3.05, 3.63) is 0 Å². The first-order valence-electron chi connectivity index (χ1n) is 7.11. The minimum Gasteiger partial charge on any atom is -0.378 e. The van der Waals surface area contributed by atoms with E-state index in [1.807, 2.05) is 0 Å². The van der Waals surface area contributed by atoms with Gasteiger partial charge >= 0.3 is 0 Å². The number of ether oxygens (including phenoxy) is 1. The summed E-state index contributed by atoms with van der Waals surface area (Å²) < 4.78 is 5.48. The number of nitrogens with zero attached hydrogens (tertiary/aromatic N) is 1. The largest absolute Gasteiger partial charge is 0.378 e. The van der Waals surface area contributed by atoms with E-state index in [-0.39, 0.29) is 12.0 Å². The fraction of sp³-hybridized carbons (Fsp3) is 0.923. The minimum absolute atomic E-state index is 0.152. The van der Waals surface area contributed by atoms with Crippen LogP contribution in [0.5, 0.6) is 0 Å². The second-order valence-corrected chi connectivity index (χ2v) is 5.31. The minimum atomic E-state index is 0.152. The number of hydrogen-bond donors (Lipinski definition) is 2. The normalized spacial score (nSPS) is 26.4. The van der Waals surface area contributed by atoms with Crippen molar-refractivity contribution in [2.75, 3.05) is 32.8 Å². The molecule has 0 radical (unpaired) electrons. The van der Waals surface area contributed by atoms with Gasteiger partial charge in [-0.15, -0.1) is 0 Å². The number of carbonyl (C=O) groups is 1. The average Bonchev–Trinajstić information content (AvgIpc) is 2.84. The van der Waals surface area contributed by atoms with E-state index in [0.717, 1.165) is 58.5 Å². The van der Waals surface area contributed by atoms with Crippen LogP contribution in [0.3, 0.4) is 0 Å². The Labute approximate surface area is 109 Å². The fourth-order valence-electron chi connectivity index (χ4n) is 2.78. The summed E-state index contributed by atoms with van der Waals surface area (Å²) in [4.78, 5) is 14.2. The number of likely N-dealkylation sites (tertiary alicyclic amines) is 1.